The van der Waals surface area contributed by atoms with Crippen LogP contribution < -0.4 is 5.73 Å². The zero-order valence-corrected chi connectivity index (χ0v) is 9.49. The maximum absolute atomic E-state index is 10.5. The van der Waals surface area contributed by atoms with E-state index in [9.17, 15) is 10.1 Å². The predicted molar refractivity (Wildman–Crippen MR) is 60.3 cm³/mol. The lowest BCUT2D eigenvalue weighted by Gasteiger charge is -2.01. The summed E-state index contributed by atoms with van der Waals surface area (Å²) in [5, 5.41) is 14.7. The molecule has 0 amide bonds. The van der Waals surface area contributed by atoms with Gasteiger partial charge in [0, 0.05) is 12.6 Å². The van der Waals surface area contributed by atoms with Crippen LogP contribution in [-0.4, -0.2) is 24.3 Å². The van der Waals surface area contributed by atoms with Crippen molar-refractivity contribution in [3.05, 3.63) is 33.9 Å². The summed E-state index contributed by atoms with van der Waals surface area (Å²) in [4.78, 5) is 13.6. The third-order valence-electron chi connectivity index (χ3n) is 2.54. The molecular weight excluding hydrogens is 224 g/mol. The Balaban J connectivity index is 2.28. The lowest BCUT2D eigenvalue weighted by atomic mass is 10.2. The van der Waals surface area contributed by atoms with Crippen molar-refractivity contribution in [3.63, 3.8) is 0 Å². The van der Waals surface area contributed by atoms with Gasteiger partial charge in [-0.15, -0.1) is 0 Å². The molecule has 2 aromatic heterocycles. The van der Waals surface area contributed by atoms with Gasteiger partial charge < -0.3 is 20.4 Å². The lowest BCUT2D eigenvalue weighted by Crippen LogP contribution is -2.03. The van der Waals surface area contributed by atoms with E-state index >= 15 is 0 Å². The summed E-state index contributed by atoms with van der Waals surface area (Å²) in [5.74, 6) is 0.379. The number of anilines is 1. The smallest absolute Gasteiger partial charge is 0.381 e. The van der Waals surface area contributed by atoms with E-state index in [2.05, 4.69) is 10.1 Å². The first-order valence-electron chi connectivity index (χ1n) is 4.93. The highest BCUT2D eigenvalue weighted by Crippen LogP contribution is 2.17. The van der Waals surface area contributed by atoms with Gasteiger partial charge in [-0.25, -0.2) is 0 Å². The number of hydrogen-bond acceptors (Lipinski definition) is 5. The predicted octanol–water partition coefficient (Wildman–Crippen LogP) is 0.464. The Morgan fingerprint density at radius 1 is 1.59 bits per heavy atom. The van der Waals surface area contributed by atoms with Crippen LogP contribution in [0.25, 0.3) is 0 Å². The van der Waals surface area contributed by atoms with Gasteiger partial charge in [-0.2, -0.15) is 5.10 Å². The van der Waals surface area contributed by atoms with Crippen molar-refractivity contribution in [2.75, 3.05) is 5.73 Å². The molecule has 90 valence electrons. The van der Waals surface area contributed by atoms with E-state index in [0.717, 1.165) is 11.3 Å². The molecule has 0 saturated carbocycles. The highest BCUT2D eigenvalue weighted by molar-refractivity contribution is 5.43. The van der Waals surface area contributed by atoms with Crippen LogP contribution in [-0.2, 0) is 13.6 Å². The standard InChI is InChI=1S/C9H12N6O2/c1-6-7(9(10)13(2)12-6)3-14-4-8(11-5-14)15(16)17/h4-5H,3,10H2,1-2H3. The maximum atomic E-state index is 10.5. The zero-order chi connectivity index (χ0) is 12.6. The molecule has 0 aliphatic carbocycles. The number of hydrogen-bond donors (Lipinski definition) is 1. The van der Waals surface area contributed by atoms with E-state index in [-0.39, 0.29) is 5.82 Å². The minimum atomic E-state index is -0.532. The maximum Gasteiger partial charge on any atom is 0.381 e. The first-order valence-corrected chi connectivity index (χ1v) is 4.93. The van der Waals surface area contributed by atoms with Crippen LogP contribution in [0.15, 0.2) is 12.5 Å². The van der Waals surface area contributed by atoms with Gasteiger partial charge in [0.15, 0.2) is 0 Å². The van der Waals surface area contributed by atoms with Gasteiger partial charge in [0.05, 0.1) is 12.2 Å². The molecule has 0 aliphatic rings. The van der Waals surface area contributed by atoms with Crippen LogP contribution >= 0.6 is 0 Å². The molecule has 0 radical (unpaired) electrons. The summed E-state index contributed by atoms with van der Waals surface area (Å²) in [6, 6.07) is 0. The molecule has 8 heteroatoms. The Bertz CT molecular complexity index is 570. The number of imidazole rings is 1. The van der Waals surface area contributed by atoms with Gasteiger partial charge in [-0.1, -0.05) is 0 Å². The van der Waals surface area contributed by atoms with Crippen molar-refractivity contribution >= 4 is 11.6 Å². The number of aryl methyl sites for hydroxylation is 2. The van der Waals surface area contributed by atoms with Crippen molar-refractivity contribution < 1.29 is 4.92 Å². The molecule has 0 spiro atoms. The molecule has 17 heavy (non-hydrogen) atoms. The summed E-state index contributed by atoms with van der Waals surface area (Å²) < 4.78 is 3.19. The fourth-order valence-corrected chi connectivity index (χ4v) is 1.63. The molecule has 2 rings (SSSR count). The SMILES string of the molecule is Cc1nn(C)c(N)c1Cn1cnc([N+](=O)[O-])c1. The molecule has 2 heterocycles. The van der Waals surface area contributed by atoms with Crippen molar-refractivity contribution in [2.24, 2.45) is 7.05 Å². The minimum Gasteiger partial charge on any atom is -0.384 e. The van der Waals surface area contributed by atoms with Crippen LogP contribution in [0, 0.1) is 17.0 Å². The highest BCUT2D eigenvalue weighted by Gasteiger charge is 2.14. The quantitative estimate of drug-likeness (QED) is 0.615. The number of rotatable bonds is 3. The topological polar surface area (TPSA) is 105 Å². The van der Waals surface area contributed by atoms with Crippen LogP contribution in [0.5, 0.6) is 0 Å². The van der Waals surface area contributed by atoms with E-state index in [4.69, 9.17) is 5.73 Å². The Hall–Kier alpha value is -2.38. The summed E-state index contributed by atoms with van der Waals surface area (Å²) in [5.41, 5.74) is 7.50. The van der Waals surface area contributed by atoms with Crippen molar-refractivity contribution in [3.8, 4) is 0 Å². The van der Waals surface area contributed by atoms with Gasteiger partial charge in [-0.05, 0) is 16.8 Å². The third-order valence-corrected chi connectivity index (χ3v) is 2.54. The summed E-state index contributed by atoms with van der Waals surface area (Å²) >= 11 is 0. The van der Waals surface area contributed by atoms with Crippen LogP contribution in [0.2, 0.25) is 0 Å². The van der Waals surface area contributed by atoms with Gasteiger partial charge in [0.2, 0.25) is 6.33 Å². The largest absolute Gasteiger partial charge is 0.384 e. The minimum absolute atomic E-state index is 0.176. The summed E-state index contributed by atoms with van der Waals surface area (Å²) in [6.07, 6.45) is 2.77. The van der Waals surface area contributed by atoms with E-state index in [1.54, 1.807) is 16.3 Å². The fourth-order valence-electron chi connectivity index (χ4n) is 1.63. The second kappa shape index (κ2) is 3.89. The average molecular weight is 236 g/mol. The Morgan fingerprint density at radius 2 is 2.29 bits per heavy atom. The molecule has 0 saturated heterocycles. The van der Waals surface area contributed by atoms with Gasteiger partial charge in [-0.3, -0.25) is 4.68 Å². The van der Waals surface area contributed by atoms with Crippen molar-refractivity contribution in [1.29, 1.82) is 0 Å². The molecule has 0 bridgehead atoms. The Morgan fingerprint density at radius 3 is 2.76 bits per heavy atom. The van der Waals surface area contributed by atoms with Crippen molar-refractivity contribution in [1.82, 2.24) is 19.3 Å². The van der Waals surface area contributed by atoms with E-state index in [0.29, 0.717) is 12.4 Å². The molecular formula is C9H12N6O2. The molecule has 0 aromatic carbocycles. The molecule has 0 fully saturated rings. The number of nitrogen functional groups attached to an aromatic ring is 1. The molecule has 2 N–H and O–H groups in total. The second-order valence-electron chi connectivity index (χ2n) is 3.73. The Kier molecular flexibility index (Phi) is 2.54. The third kappa shape index (κ3) is 1.96. The lowest BCUT2D eigenvalue weighted by molar-refractivity contribution is -0.389. The second-order valence-corrected chi connectivity index (χ2v) is 3.73. The van der Waals surface area contributed by atoms with Gasteiger partial charge >= 0.3 is 5.82 Å². The average Bonchev–Trinajstić information content (AvgIpc) is 2.80. The van der Waals surface area contributed by atoms with Crippen LogP contribution in [0.3, 0.4) is 0 Å². The zero-order valence-electron chi connectivity index (χ0n) is 9.49. The van der Waals surface area contributed by atoms with Gasteiger partial charge in [0.25, 0.3) is 0 Å². The van der Waals surface area contributed by atoms with E-state index in [1.165, 1.54) is 12.5 Å². The fraction of sp³-hybridized carbons (Fsp3) is 0.333. The summed E-state index contributed by atoms with van der Waals surface area (Å²) in [6.45, 7) is 2.27. The van der Waals surface area contributed by atoms with Gasteiger partial charge in [0.1, 0.15) is 12.0 Å². The summed E-state index contributed by atoms with van der Waals surface area (Å²) in [7, 11) is 1.75. The highest BCUT2D eigenvalue weighted by atomic mass is 16.6. The van der Waals surface area contributed by atoms with Crippen LogP contribution in [0.4, 0.5) is 11.6 Å². The first kappa shape index (κ1) is 11.1. The molecule has 8 nitrogen and oxygen atoms in total. The van der Waals surface area contributed by atoms with E-state index < -0.39 is 4.92 Å². The van der Waals surface area contributed by atoms with Crippen LogP contribution in [0.1, 0.15) is 11.3 Å². The molecule has 0 unspecified atom stereocenters. The number of nitro groups is 1. The normalized spacial score (nSPS) is 10.7. The number of nitrogens with two attached hydrogens (primary N) is 1. The monoisotopic (exact) mass is 236 g/mol. The number of aromatic nitrogens is 4. The molecule has 2 aromatic rings. The molecule has 0 aliphatic heterocycles. The Labute approximate surface area is 96.8 Å². The van der Waals surface area contributed by atoms with Crippen molar-refractivity contribution in [2.45, 2.75) is 13.5 Å². The number of nitrogens with zero attached hydrogens (tertiary/aromatic N) is 5. The first-order chi connectivity index (χ1) is 7.99. The van der Waals surface area contributed by atoms with E-state index in [1.807, 2.05) is 6.92 Å². The molecule has 0 atom stereocenters.